The molecular weight excluding hydrogens is 254 g/mol. The van der Waals surface area contributed by atoms with Gasteiger partial charge in [-0.15, -0.1) is 0 Å². The lowest BCUT2D eigenvalue weighted by Gasteiger charge is -2.21. The minimum Gasteiger partial charge on any atom is -0.481 e. The Hall–Kier alpha value is -2.04. The lowest BCUT2D eigenvalue weighted by molar-refractivity contribution is -0.134. The monoisotopic (exact) mass is 279 g/mol. The van der Waals surface area contributed by atoms with Gasteiger partial charge in [0, 0.05) is 6.92 Å². The molecule has 1 aromatic carbocycles. The molecule has 0 unspecified atom stereocenters. The van der Waals surface area contributed by atoms with Gasteiger partial charge in [-0.05, 0) is 24.3 Å². The lowest BCUT2D eigenvalue weighted by Crippen LogP contribution is -2.20. The Labute approximate surface area is 120 Å². The molecule has 1 aliphatic rings. The Kier molecular flexibility index (Phi) is 9.74. The molecule has 0 aromatic heterocycles. The zero-order valence-electron chi connectivity index (χ0n) is 12.0. The number of carboxylic acids is 1. The molecule has 0 spiro atoms. The molecule has 5 heteroatoms. The SMILES string of the molecule is CC(=O)O.N=C(N)N.c1ccc(C2CCCCC2)cc1. The number of carbonyl (C=O) groups is 1. The third-order valence-corrected chi connectivity index (χ3v) is 2.88. The smallest absolute Gasteiger partial charge is 0.300 e. The number of guanidine groups is 1. The van der Waals surface area contributed by atoms with Crippen molar-refractivity contribution in [1.82, 2.24) is 0 Å². The molecule has 0 amide bonds. The number of nitrogens with two attached hydrogens (primary N) is 2. The molecule has 1 aromatic rings. The van der Waals surface area contributed by atoms with Crippen molar-refractivity contribution < 1.29 is 9.90 Å². The predicted octanol–water partition coefficient (Wildman–Crippen LogP) is 2.66. The highest BCUT2D eigenvalue weighted by Crippen LogP contribution is 2.31. The number of carboxylic acid groups (broad SMARTS) is 1. The molecule has 20 heavy (non-hydrogen) atoms. The molecule has 6 N–H and O–H groups in total. The predicted molar refractivity (Wildman–Crippen MR) is 81.7 cm³/mol. The first-order chi connectivity index (χ1) is 9.43. The third kappa shape index (κ3) is 11.1. The lowest BCUT2D eigenvalue weighted by atomic mass is 9.84. The van der Waals surface area contributed by atoms with Crippen LogP contribution >= 0.6 is 0 Å². The highest BCUT2D eigenvalue weighted by Gasteiger charge is 2.14. The van der Waals surface area contributed by atoms with Crippen LogP contribution in [0.25, 0.3) is 0 Å². The maximum Gasteiger partial charge on any atom is 0.300 e. The van der Waals surface area contributed by atoms with Crippen molar-refractivity contribution in [2.75, 3.05) is 0 Å². The van der Waals surface area contributed by atoms with Crippen LogP contribution in [0.5, 0.6) is 0 Å². The molecule has 5 nitrogen and oxygen atoms in total. The van der Waals surface area contributed by atoms with E-state index >= 15 is 0 Å². The van der Waals surface area contributed by atoms with Gasteiger partial charge in [-0.2, -0.15) is 0 Å². The maximum absolute atomic E-state index is 9.00. The van der Waals surface area contributed by atoms with Gasteiger partial charge in [0.1, 0.15) is 0 Å². The van der Waals surface area contributed by atoms with Gasteiger partial charge in [0.15, 0.2) is 5.96 Å². The Bertz CT molecular complexity index is 367. The Morgan fingerprint density at radius 1 is 1.15 bits per heavy atom. The van der Waals surface area contributed by atoms with Gasteiger partial charge in [-0.25, -0.2) is 0 Å². The van der Waals surface area contributed by atoms with Gasteiger partial charge in [0.2, 0.25) is 0 Å². The van der Waals surface area contributed by atoms with Gasteiger partial charge < -0.3 is 16.6 Å². The van der Waals surface area contributed by atoms with E-state index in [1.54, 1.807) is 5.56 Å². The van der Waals surface area contributed by atoms with Crippen LogP contribution in [0, 0.1) is 5.41 Å². The molecule has 0 radical (unpaired) electrons. The van der Waals surface area contributed by atoms with E-state index in [4.69, 9.17) is 15.3 Å². The van der Waals surface area contributed by atoms with E-state index in [0.29, 0.717) is 0 Å². The fraction of sp³-hybridized carbons (Fsp3) is 0.467. The van der Waals surface area contributed by atoms with Crippen LogP contribution in [0.4, 0.5) is 0 Å². The molecule has 1 aliphatic carbocycles. The van der Waals surface area contributed by atoms with Gasteiger partial charge in [0.05, 0.1) is 0 Å². The number of aliphatic carboxylic acids is 1. The van der Waals surface area contributed by atoms with Gasteiger partial charge in [-0.1, -0.05) is 49.6 Å². The molecule has 0 saturated heterocycles. The minimum atomic E-state index is -0.833. The molecule has 0 bridgehead atoms. The summed E-state index contributed by atoms with van der Waals surface area (Å²) in [5.41, 5.74) is 10.5. The van der Waals surface area contributed by atoms with Crippen LogP contribution in [0.15, 0.2) is 30.3 Å². The molecule has 112 valence electrons. The zero-order chi connectivity index (χ0) is 15.4. The van der Waals surface area contributed by atoms with Crippen molar-refractivity contribution in [2.24, 2.45) is 11.5 Å². The zero-order valence-corrected chi connectivity index (χ0v) is 12.0. The normalized spacial score (nSPS) is 14.1. The first-order valence-corrected chi connectivity index (χ1v) is 6.77. The second-order valence-corrected chi connectivity index (χ2v) is 4.72. The summed E-state index contributed by atoms with van der Waals surface area (Å²) < 4.78 is 0. The fourth-order valence-electron chi connectivity index (χ4n) is 2.16. The standard InChI is InChI=1S/C12H16.C2H4O2.CH5N3/c1-3-7-11(8-4-1)12-9-5-2-6-10-12;1-2(3)4;2-1(3)4/h1,3-4,7-8,12H,2,5-6,9-10H2;1H3,(H,3,4);(H5,2,3,4). The van der Waals surface area contributed by atoms with Crippen LogP contribution in [0.2, 0.25) is 0 Å². The van der Waals surface area contributed by atoms with Crippen LogP contribution in [0.3, 0.4) is 0 Å². The summed E-state index contributed by atoms with van der Waals surface area (Å²) in [6, 6.07) is 11.0. The molecule has 0 aliphatic heterocycles. The van der Waals surface area contributed by atoms with E-state index in [9.17, 15) is 0 Å². The summed E-state index contributed by atoms with van der Waals surface area (Å²) in [5, 5.41) is 13.5. The minimum absolute atomic E-state index is 0.333. The van der Waals surface area contributed by atoms with Gasteiger partial charge in [0.25, 0.3) is 5.97 Å². The maximum atomic E-state index is 9.00. The average molecular weight is 279 g/mol. The molecule has 1 saturated carbocycles. The quantitative estimate of drug-likeness (QED) is 0.467. The van der Waals surface area contributed by atoms with E-state index in [-0.39, 0.29) is 5.96 Å². The first kappa shape index (κ1) is 18.0. The fourth-order valence-corrected chi connectivity index (χ4v) is 2.16. The van der Waals surface area contributed by atoms with Crippen LogP contribution in [-0.2, 0) is 4.79 Å². The van der Waals surface area contributed by atoms with E-state index in [2.05, 4.69) is 41.8 Å². The number of rotatable bonds is 1. The Balaban J connectivity index is 0.000000380. The number of hydrogen-bond acceptors (Lipinski definition) is 2. The van der Waals surface area contributed by atoms with Gasteiger partial charge >= 0.3 is 0 Å². The van der Waals surface area contributed by atoms with E-state index in [1.165, 1.54) is 32.1 Å². The van der Waals surface area contributed by atoms with Crippen molar-refractivity contribution in [1.29, 1.82) is 5.41 Å². The van der Waals surface area contributed by atoms with Gasteiger partial charge in [-0.3, -0.25) is 10.2 Å². The number of benzene rings is 1. The summed E-state index contributed by atoms with van der Waals surface area (Å²) >= 11 is 0. The van der Waals surface area contributed by atoms with Crippen molar-refractivity contribution in [3.63, 3.8) is 0 Å². The van der Waals surface area contributed by atoms with Crippen LogP contribution < -0.4 is 11.5 Å². The van der Waals surface area contributed by atoms with E-state index in [0.717, 1.165) is 12.8 Å². The molecule has 1 fully saturated rings. The van der Waals surface area contributed by atoms with Crippen molar-refractivity contribution in [3.05, 3.63) is 35.9 Å². The van der Waals surface area contributed by atoms with Crippen LogP contribution in [0.1, 0.15) is 50.5 Å². The summed E-state index contributed by atoms with van der Waals surface area (Å²) in [5.74, 6) is -0.306. The molecule has 0 atom stereocenters. The van der Waals surface area contributed by atoms with Crippen molar-refractivity contribution in [3.8, 4) is 0 Å². The summed E-state index contributed by atoms with van der Waals surface area (Å²) in [7, 11) is 0. The number of hydrogen-bond donors (Lipinski definition) is 4. The molecule has 2 rings (SSSR count). The number of nitrogens with one attached hydrogen (secondary N) is 1. The average Bonchev–Trinajstić information content (AvgIpc) is 2.39. The Morgan fingerprint density at radius 3 is 1.95 bits per heavy atom. The van der Waals surface area contributed by atoms with Crippen molar-refractivity contribution >= 4 is 11.9 Å². The topological polar surface area (TPSA) is 113 Å². The van der Waals surface area contributed by atoms with E-state index in [1.807, 2.05) is 0 Å². The molecule has 0 heterocycles. The second kappa shape index (κ2) is 10.8. The largest absolute Gasteiger partial charge is 0.481 e. The highest BCUT2D eigenvalue weighted by atomic mass is 16.4. The summed E-state index contributed by atoms with van der Waals surface area (Å²) in [6.07, 6.45) is 7.12. The summed E-state index contributed by atoms with van der Waals surface area (Å²) in [4.78, 5) is 9.00. The van der Waals surface area contributed by atoms with E-state index < -0.39 is 5.97 Å². The van der Waals surface area contributed by atoms with Crippen molar-refractivity contribution in [2.45, 2.75) is 44.9 Å². The summed E-state index contributed by atoms with van der Waals surface area (Å²) in [6.45, 7) is 1.08. The first-order valence-electron chi connectivity index (χ1n) is 6.77. The molecular formula is C15H25N3O2. The Morgan fingerprint density at radius 2 is 1.55 bits per heavy atom. The highest BCUT2D eigenvalue weighted by molar-refractivity contribution is 5.71. The third-order valence-electron chi connectivity index (χ3n) is 2.88. The van der Waals surface area contributed by atoms with Crippen LogP contribution in [-0.4, -0.2) is 17.0 Å². The second-order valence-electron chi connectivity index (χ2n) is 4.72.